The number of aromatic nitrogens is 1. The average Bonchev–Trinajstić information content (AvgIpc) is 2.98. The summed E-state index contributed by atoms with van der Waals surface area (Å²) in [4.78, 5) is 46.9. The minimum Gasteiger partial charge on any atom is -0.491 e. The number of carbonyl (C=O) groups excluding carboxylic acids is 3. The molecule has 3 aromatic rings. The van der Waals surface area contributed by atoms with Gasteiger partial charge in [0.05, 0.1) is 23.4 Å². The number of amides is 4. The SMILES string of the molecule is CO[C@H]1CN(C)C(=O)c2ccc(NC(=O)Nc3cc(F)ccc3F)cc2OC[C@H](C)N(C(=O)c2ccccn2)C[C@@H]1C. The number of urea groups is 1. The van der Waals surface area contributed by atoms with Crippen molar-refractivity contribution in [2.45, 2.75) is 26.0 Å². The van der Waals surface area contributed by atoms with Crippen molar-refractivity contribution >= 4 is 29.2 Å². The first-order valence-electron chi connectivity index (χ1n) is 13.4. The number of likely N-dealkylation sites (N-methyl/N-ethyl adjacent to an activating group) is 1. The molecule has 0 spiro atoms. The number of rotatable bonds is 4. The summed E-state index contributed by atoms with van der Waals surface area (Å²) in [5, 5.41) is 4.81. The van der Waals surface area contributed by atoms with E-state index in [2.05, 4.69) is 15.6 Å². The molecule has 1 aliphatic heterocycles. The Bertz CT molecular complexity index is 1440. The van der Waals surface area contributed by atoms with Gasteiger partial charge < -0.3 is 29.9 Å². The van der Waals surface area contributed by atoms with Gasteiger partial charge in [-0.25, -0.2) is 13.6 Å². The largest absolute Gasteiger partial charge is 0.491 e. The fourth-order valence-corrected chi connectivity index (χ4v) is 4.65. The Hall–Kier alpha value is -4.58. The zero-order chi connectivity index (χ0) is 30.4. The van der Waals surface area contributed by atoms with Gasteiger partial charge in [-0.3, -0.25) is 14.6 Å². The van der Waals surface area contributed by atoms with Gasteiger partial charge in [0, 0.05) is 57.2 Å². The van der Waals surface area contributed by atoms with Crippen LogP contribution < -0.4 is 15.4 Å². The van der Waals surface area contributed by atoms with E-state index < -0.39 is 23.7 Å². The molecule has 12 heteroatoms. The molecule has 0 saturated carbocycles. The maximum absolute atomic E-state index is 14.0. The Labute approximate surface area is 242 Å². The van der Waals surface area contributed by atoms with Crippen molar-refractivity contribution in [3.63, 3.8) is 0 Å². The number of ether oxygens (including phenoxy) is 2. The molecule has 0 aliphatic carbocycles. The molecular formula is C30H33F2N5O5. The zero-order valence-corrected chi connectivity index (χ0v) is 23.8. The number of fused-ring (bicyclic) bond motifs is 1. The summed E-state index contributed by atoms with van der Waals surface area (Å²) >= 11 is 0. The maximum Gasteiger partial charge on any atom is 0.323 e. The molecule has 2 heterocycles. The van der Waals surface area contributed by atoms with Crippen LogP contribution in [0.3, 0.4) is 0 Å². The molecule has 10 nitrogen and oxygen atoms in total. The van der Waals surface area contributed by atoms with E-state index in [9.17, 15) is 23.2 Å². The third kappa shape index (κ3) is 7.19. The number of benzene rings is 2. The van der Waals surface area contributed by atoms with Crippen molar-refractivity contribution in [1.82, 2.24) is 14.8 Å². The fourth-order valence-electron chi connectivity index (χ4n) is 4.65. The van der Waals surface area contributed by atoms with E-state index in [0.29, 0.717) is 6.54 Å². The molecule has 0 saturated heterocycles. The predicted molar refractivity (Wildman–Crippen MR) is 153 cm³/mol. The number of nitrogens with zero attached hydrogens (tertiary/aromatic N) is 3. The minimum atomic E-state index is -0.825. The van der Waals surface area contributed by atoms with Crippen LogP contribution in [0.25, 0.3) is 0 Å². The smallest absolute Gasteiger partial charge is 0.323 e. The summed E-state index contributed by atoms with van der Waals surface area (Å²) in [6, 6.07) is 11.0. The lowest BCUT2D eigenvalue weighted by atomic mass is 10.0. The number of halogens is 2. The Morgan fingerprint density at radius 1 is 1.05 bits per heavy atom. The van der Waals surface area contributed by atoms with E-state index in [4.69, 9.17) is 9.47 Å². The van der Waals surface area contributed by atoms with E-state index in [1.165, 1.54) is 23.1 Å². The second-order valence-electron chi connectivity index (χ2n) is 10.2. The van der Waals surface area contributed by atoms with Crippen LogP contribution in [-0.4, -0.2) is 78.6 Å². The maximum atomic E-state index is 14.0. The van der Waals surface area contributed by atoms with Gasteiger partial charge in [-0.15, -0.1) is 0 Å². The Morgan fingerprint density at radius 3 is 2.55 bits per heavy atom. The number of pyridine rings is 1. The van der Waals surface area contributed by atoms with E-state index in [-0.39, 0.29) is 65.4 Å². The fraction of sp³-hybridized carbons (Fsp3) is 0.333. The highest BCUT2D eigenvalue weighted by Crippen LogP contribution is 2.27. The zero-order valence-electron chi connectivity index (χ0n) is 23.8. The molecular weight excluding hydrogens is 548 g/mol. The summed E-state index contributed by atoms with van der Waals surface area (Å²) < 4.78 is 39.3. The molecule has 0 bridgehead atoms. The first-order chi connectivity index (χ1) is 20.1. The summed E-state index contributed by atoms with van der Waals surface area (Å²) in [7, 11) is 3.21. The number of methoxy groups -OCH3 is 1. The first-order valence-corrected chi connectivity index (χ1v) is 13.4. The highest BCUT2D eigenvalue weighted by molar-refractivity contribution is 6.01. The van der Waals surface area contributed by atoms with Crippen molar-refractivity contribution < 1.29 is 32.6 Å². The van der Waals surface area contributed by atoms with Crippen LogP contribution in [0.5, 0.6) is 5.75 Å². The molecule has 42 heavy (non-hydrogen) atoms. The molecule has 2 N–H and O–H groups in total. The number of nitrogens with one attached hydrogen (secondary N) is 2. The Morgan fingerprint density at radius 2 is 1.83 bits per heavy atom. The van der Waals surface area contributed by atoms with E-state index in [1.807, 2.05) is 13.8 Å². The van der Waals surface area contributed by atoms with E-state index >= 15 is 0 Å². The summed E-state index contributed by atoms with van der Waals surface area (Å²) in [6.07, 6.45) is 1.18. The van der Waals surface area contributed by atoms with Gasteiger partial charge in [-0.05, 0) is 43.3 Å². The summed E-state index contributed by atoms with van der Waals surface area (Å²) in [5.41, 5.74) is 0.429. The van der Waals surface area contributed by atoms with Gasteiger partial charge in [-0.1, -0.05) is 13.0 Å². The molecule has 1 aliphatic rings. The van der Waals surface area contributed by atoms with Gasteiger partial charge in [0.2, 0.25) is 0 Å². The van der Waals surface area contributed by atoms with Gasteiger partial charge in [0.15, 0.2) is 0 Å². The molecule has 4 amide bonds. The topological polar surface area (TPSA) is 113 Å². The monoisotopic (exact) mass is 581 g/mol. The molecule has 2 aromatic carbocycles. The number of anilines is 2. The summed E-state index contributed by atoms with van der Waals surface area (Å²) in [6.45, 7) is 4.38. The highest BCUT2D eigenvalue weighted by atomic mass is 19.1. The van der Waals surface area contributed by atoms with Crippen molar-refractivity contribution in [2.24, 2.45) is 5.92 Å². The third-order valence-electron chi connectivity index (χ3n) is 7.03. The summed E-state index contributed by atoms with van der Waals surface area (Å²) in [5.74, 6) is -2.08. The molecule has 0 radical (unpaired) electrons. The second kappa shape index (κ2) is 13.4. The number of carbonyl (C=O) groups is 3. The van der Waals surface area contributed by atoms with Crippen molar-refractivity contribution in [3.8, 4) is 5.75 Å². The second-order valence-corrected chi connectivity index (χ2v) is 10.2. The lowest BCUT2D eigenvalue weighted by molar-refractivity contribution is 0.0109. The molecule has 1 aromatic heterocycles. The molecule has 3 atom stereocenters. The highest BCUT2D eigenvalue weighted by Gasteiger charge is 2.31. The van der Waals surface area contributed by atoms with Gasteiger partial charge >= 0.3 is 6.03 Å². The first kappa shape index (κ1) is 30.4. The lowest BCUT2D eigenvalue weighted by Gasteiger charge is -2.36. The van der Waals surface area contributed by atoms with Gasteiger partial charge in [0.1, 0.15) is 29.7 Å². The standard InChI is InChI=1S/C30H33F2N5O5/c1-18-15-37(29(39)24-7-5-6-12-33-24)19(2)17-42-26-14-21(9-10-22(26)28(38)36(3)16-27(18)41-4)34-30(40)35-25-13-20(31)8-11-23(25)32/h5-14,18-19,27H,15-17H2,1-4H3,(H2,34,35,40)/t18-,19-,27-/m0/s1. The van der Waals surface area contributed by atoms with Crippen LogP contribution in [-0.2, 0) is 4.74 Å². The Kier molecular flexibility index (Phi) is 9.68. The van der Waals surface area contributed by atoms with Crippen molar-refractivity contribution in [3.05, 3.63) is 83.7 Å². The Balaban J connectivity index is 1.62. The molecule has 222 valence electrons. The lowest BCUT2D eigenvalue weighted by Crippen LogP contribution is -2.48. The average molecular weight is 582 g/mol. The van der Waals surface area contributed by atoms with Crippen LogP contribution in [0.15, 0.2) is 60.8 Å². The normalized spacial score (nSPS) is 19.6. The third-order valence-corrected chi connectivity index (χ3v) is 7.03. The number of hydrogen-bond donors (Lipinski definition) is 2. The van der Waals surface area contributed by atoms with Crippen LogP contribution in [0.2, 0.25) is 0 Å². The minimum absolute atomic E-state index is 0.0249. The van der Waals surface area contributed by atoms with Gasteiger partial charge in [-0.2, -0.15) is 0 Å². The quantitative estimate of drug-likeness (QED) is 0.464. The van der Waals surface area contributed by atoms with Crippen LogP contribution in [0.1, 0.15) is 34.7 Å². The van der Waals surface area contributed by atoms with Gasteiger partial charge in [0.25, 0.3) is 11.8 Å². The van der Waals surface area contributed by atoms with Crippen molar-refractivity contribution in [2.75, 3.05) is 44.5 Å². The predicted octanol–water partition coefficient (Wildman–Crippen LogP) is 4.65. The molecule has 0 unspecified atom stereocenters. The van der Waals surface area contributed by atoms with Crippen molar-refractivity contribution in [1.29, 1.82) is 0 Å². The number of hydrogen-bond acceptors (Lipinski definition) is 6. The van der Waals surface area contributed by atoms with E-state index in [1.54, 1.807) is 43.5 Å². The van der Waals surface area contributed by atoms with Crippen LogP contribution in [0.4, 0.5) is 25.0 Å². The molecule has 0 fully saturated rings. The molecule has 4 rings (SSSR count). The van der Waals surface area contributed by atoms with E-state index in [0.717, 1.165) is 18.2 Å². The van der Waals surface area contributed by atoms with Crippen LogP contribution in [0, 0.1) is 17.6 Å². The van der Waals surface area contributed by atoms with Crippen LogP contribution >= 0.6 is 0 Å².